The molecule has 1 saturated carbocycles. The second kappa shape index (κ2) is 8.27. The Labute approximate surface area is 172 Å². The van der Waals surface area contributed by atoms with Crippen molar-refractivity contribution in [1.82, 2.24) is 24.5 Å². The number of likely N-dealkylation sites (tertiary alicyclic amines) is 1. The van der Waals surface area contributed by atoms with Gasteiger partial charge in [0, 0.05) is 46.6 Å². The Kier molecular flexibility index (Phi) is 5.72. The highest BCUT2D eigenvalue weighted by Gasteiger charge is 2.43. The van der Waals surface area contributed by atoms with Crippen LogP contribution in [0.5, 0.6) is 0 Å². The first-order chi connectivity index (χ1) is 14.0. The number of nitrogens with zero attached hydrogens (tertiary/aromatic N) is 6. The molecule has 0 bridgehead atoms. The predicted molar refractivity (Wildman–Crippen MR) is 107 cm³/mol. The number of nitriles is 1. The summed E-state index contributed by atoms with van der Waals surface area (Å²) in [5, 5.41) is 17.9. The van der Waals surface area contributed by atoms with Crippen LogP contribution in [0.1, 0.15) is 41.5 Å². The van der Waals surface area contributed by atoms with E-state index in [4.69, 9.17) is 9.47 Å². The van der Waals surface area contributed by atoms with Gasteiger partial charge < -0.3 is 14.0 Å². The van der Waals surface area contributed by atoms with Gasteiger partial charge in [0.25, 0.3) is 0 Å². The summed E-state index contributed by atoms with van der Waals surface area (Å²) in [7, 11) is 5.43. The summed E-state index contributed by atoms with van der Waals surface area (Å²) in [6, 6.07) is 4.53. The molecule has 156 valence electrons. The molecule has 8 nitrogen and oxygen atoms in total. The molecule has 3 heterocycles. The maximum Gasteiger partial charge on any atom is 0.120 e. The molecule has 4 atom stereocenters. The summed E-state index contributed by atoms with van der Waals surface area (Å²) in [5.41, 5.74) is 4.01. The number of ether oxygens (including phenoxy) is 2. The third-order valence-electron chi connectivity index (χ3n) is 6.80. The van der Waals surface area contributed by atoms with E-state index in [-0.39, 0.29) is 12.1 Å². The molecule has 29 heavy (non-hydrogen) atoms. The zero-order chi connectivity index (χ0) is 20.5. The Morgan fingerprint density at radius 1 is 1.24 bits per heavy atom. The highest BCUT2D eigenvalue weighted by molar-refractivity contribution is 5.34. The molecule has 0 N–H and O–H groups in total. The second-order valence-corrected chi connectivity index (χ2v) is 8.46. The molecule has 2 aliphatic rings. The molecule has 1 saturated heterocycles. The Hall–Kier alpha value is -2.21. The van der Waals surface area contributed by atoms with Crippen LogP contribution < -0.4 is 0 Å². The van der Waals surface area contributed by atoms with E-state index in [2.05, 4.69) is 28.2 Å². The average Bonchev–Trinajstić information content (AvgIpc) is 3.41. The van der Waals surface area contributed by atoms with Crippen molar-refractivity contribution in [3.63, 3.8) is 0 Å². The summed E-state index contributed by atoms with van der Waals surface area (Å²) >= 11 is 0. The van der Waals surface area contributed by atoms with Gasteiger partial charge in [-0.2, -0.15) is 5.26 Å². The van der Waals surface area contributed by atoms with Crippen molar-refractivity contribution in [3.05, 3.63) is 34.9 Å². The van der Waals surface area contributed by atoms with Crippen molar-refractivity contribution in [2.45, 2.75) is 45.1 Å². The SMILES string of the molecule is COCc1cn([C@@H]2C[C@@H]3CN(Cc4cc(C#N)n(C)c4C)C[C@@H]3C[C@H]2OC)nn1. The maximum atomic E-state index is 9.30. The fourth-order valence-electron chi connectivity index (χ4n) is 5.11. The van der Waals surface area contributed by atoms with Gasteiger partial charge in [-0.25, -0.2) is 4.68 Å². The van der Waals surface area contributed by atoms with Crippen LogP contribution in [-0.2, 0) is 29.7 Å². The normalized spacial score (nSPS) is 27.1. The smallest absolute Gasteiger partial charge is 0.120 e. The van der Waals surface area contributed by atoms with E-state index < -0.39 is 0 Å². The minimum atomic E-state index is 0.150. The molecule has 0 amide bonds. The quantitative estimate of drug-likeness (QED) is 0.741. The number of methoxy groups -OCH3 is 2. The van der Waals surface area contributed by atoms with Crippen LogP contribution >= 0.6 is 0 Å². The van der Waals surface area contributed by atoms with E-state index in [1.807, 2.05) is 28.6 Å². The molecule has 0 spiro atoms. The maximum absolute atomic E-state index is 9.30. The van der Waals surface area contributed by atoms with Gasteiger partial charge in [0.1, 0.15) is 17.5 Å². The molecule has 0 aromatic carbocycles. The summed E-state index contributed by atoms with van der Waals surface area (Å²) in [5.74, 6) is 1.26. The molecule has 8 heteroatoms. The first-order valence-corrected chi connectivity index (χ1v) is 10.2. The van der Waals surface area contributed by atoms with Gasteiger partial charge in [-0.15, -0.1) is 5.10 Å². The molecule has 1 aliphatic carbocycles. The molecule has 1 aliphatic heterocycles. The molecule has 2 aromatic heterocycles. The van der Waals surface area contributed by atoms with Gasteiger partial charge in [0.15, 0.2) is 0 Å². The molecule has 0 radical (unpaired) electrons. The highest BCUT2D eigenvalue weighted by atomic mass is 16.5. The molecule has 4 rings (SSSR count). The number of hydrogen-bond donors (Lipinski definition) is 0. The van der Waals surface area contributed by atoms with Gasteiger partial charge >= 0.3 is 0 Å². The van der Waals surface area contributed by atoms with Crippen LogP contribution in [0.3, 0.4) is 0 Å². The highest BCUT2D eigenvalue weighted by Crippen LogP contribution is 2.42. The first kappa shape index (κ1) is 20.1. The first-order valence-electron chi connectivity index (χ1n) is 10.2. The third-order valence-corrected chi connectivity index (χ3v) is 6.80. The van der Waals surface area contributed by atoms with Crippen LogP contribution in [0, 0.1) is 30.1 Å². The fraction of sp³-hybridized carbons (Fsp3) is 0.667. The van der Waals surface area contributed by atoms with Crippen LogP contribution in [0.15, 0.2) is 12.3 Å². The zero-order valence-corrected chi connectivity index (χ0v) is 17.7. The van der Waals surface area contributed by atoms with Crippen LogP contribution in [-0.4, -0.2) is 57.9 Å². The van der Waals surface area contributed by atoms with Gasteiger partial charge in [-0.3, -0.25) is 4.90 Å². The van der Waals surface area contributed by atoms with E-state index in [1.165, 1.54) is 11.3 Å². The molecular weight excluding hydrogens is 368 g/mol. The summed E-state index contributed by atoms with van der Waals surface area (Å²) in [6.45, 7) is 5.63. The van der Waals surface area contributed by atoms with E-state index in [1.54, 1.807) is 14.2 Å². The van der Waals surface area contributed by atoms with E-state index in [9.17, 15) is 5.26 Å². The van der Waals surface area contributed by atoms with E-state index >= 15 is 0 Å². The van der Waals surface area contributed by atoms with Gasteiger partial charge in [-0.1, -0.05) is 5.21 Å². The summed E-state index contributed by atoms with van der Waals surface area (Å²) in [4.78, 5) is 2.53. The molecule has 2 aromatic rings. The van der Waals surface area contributed by atoms with Crippen LogP contribution in [0.4, 0.5) is 0 Å². The van der Waals surface area contributed by atoms with E-state index in [0.29, 0.717) is 18.4 Å². The van der Waals surface area contributed by atoms with Crippen LogP contribution in [0.2, 0.25) is 0 Å². The zero-order valence-electron chi connectivity index (χ0n) is 17.7. The second-order valence-electron chi connectivity index (χ2n) is 8.46. The Balaban J connectivity index is 1.46. The Bertz CT molecular complexity index is 898. The van der Waals surface area contributed by atoms with E-state index in [0.717, 1.165) is 43.9 Å². The molecule has 0 unspecified atom stereocenters. The Morgan fingerprint density at radius 3 is 2.66 bits per heavy atom. The van der Waals surface area contributed by atoms with Gasteiger partial charge in [0.2, 0.25) is 0 Å². The molecule has 2 fully saturated rings. The monoisotopic (exact) mass is 398 g/mol. The number of rotatable bonds is 6. The van der Waals surface area contributed by atoms with Crippen molar-refractivity contribution < 1.29 is 9.47 Å². The minimum absolute atomic E-state index is 0.150. The Morgan fingerprint density at radius 2 is 2.00 bits per heavy atom. The van der Waals surface area contributed by atoms with Crippen LogP contribution in [0.25, 0.3) is 0 Å². The van der Waals surface area contributed by atoms with Crippen molar-refractivity contribution in [3.8, 4) is 6.07 Å². The number of aromatic nitrogens is 4. The van der Waals surface area contributed by atoms with Crippen molar-refractivity contribution in [2.24, 2.45) is 18.9 Å². The largest absolute Gasteiger partial charge is 0.379 e. The lowest BCUT2D eigenvalue weighted by Crippen LogP contribution is -2.37. The lowest BCUT2D eigenvalue weighted by Gasteiger charge is -2.37. The lowest BCUT2D eigenvalue weighted by molar-refractivity contribution is -0.00548. The number of fused-ring (bicyclic) bond motifs is 1. The molecular formula is C21H30N6O2. The average molecular weight is 399 g/mol. The van der Waals surface area contributed by atoms with Crippen molar-refractivity contribution >= 4 is 0 Å². The standard InChI is InChI=1S/C21H30N6O2/c1-14-15(5-19(8-22)25(14)2)9-26-10-16-6-20(21(29-4)7-17(16)11-26)27-12-18(13-28-3)23-24-27/h5,12,16-17,20-21H,6-7,9-11,13H2,1-4H3/t16-,17+,20-,21-/m1/s1. The number of hydrogen-bond acceptors (Lipinski definition) is 6. The minimum Gasteiger partial charge on any atom is -0.379 e. The lowest BCUT2D eigenvalue weighted by atomic mass is 9.77. The predicted octanol–water partition coefficient (Wildman–Crippen LogP) is 2.04. The van der Waals surface area contributed by atoms with Crippen molar-refractivity contribution in [2.75, 3.05) is 27.3 Å². The third kappa shape index (κ3) is 3.82. The van der Waals surface area contributed by atoms with Gasteiger partial charge in [0.05, 0.1) is 24.9 Å². The van der Waals surface area contributed by atoms with Crippen molar-refractivity contribution in [1.29, 1.82) is 5.26 Å². The summed E-state index contributed by atoms with van der Waals surface area (Å²) < 4.78 is 15.0. The van der Waals surface area contributed by atoms with Gasteiger partial charge in [-0.05, 0) is 43.2 Å². The topological polar surface area (TPSA) is 81.1 Å². The summed E-state index contributed by atoms with van der Waals surface area (Å²) in [6.07, 6.45) is 4.23. The fourth-order valence-corrected chi connectivity index (χ4v) is 5.11.